The first kappa shape index (κ1) is 15.2. The first-order valence-corrected chi connectivity index (χ1v) is 7.77. The molecule has 0 radical (unpaired) electrons. The van der Waals surface area contributed by atoms with E-state index in [2.05, 4.69) is 59.6 Å². The Kier molecular flexibility index (Phi) is 5.36. The van der Waals surface area contributed by atoms with E-state index >= 15 is 0 Å². The van der Waals surface area contributed by atoms with E-state index in [0.29, 0.717) is 19.1 Å². The van der Waals surface area contributed by atoms with E-state index in [0.717, 1.165) is 26.7 Å². The van der Waals surface area contributed by atoms with E-state index in [1.807, 2.05) is 12.1 Å². The molecule has 108 valence electrons. The van der Waals surface area contributed by atoms with E-state index < -0.39 is 0 Å². The minimum absolute atomic E-state index is 0.575. The average molecular weight is 405 g/mol. The molecule has 0 saturated heterocycles. The van der Waals surface area contributed by atoms with Crippen molar-refractivity contribution in [2.24, 2.45) is 7.05 Å². The summed E-state index contributed by atoms with van der Waals surface area (Å²) < 4.78 is 9.30. The average Bonchev–Trinajstić information content (AvgIpc) is 2.80. The minimum atomic E-state index is 0.575. The molecular formula is C12H15Br2N5O. The van der Waals surface area contributed by atoms with Crippen molar-refractivity contribution in [1.29, 1.82) is 0 Å². The van der Waals surface area contributed by atoms with Crippen LogP contribution in [0.15, 0.2) is 21.1 Å². The summed E-state index contributed by atoms with van der Waals surface area (Å²) in [6.07, 6.45) is 0.961. The van der Waals surface area contributed by atoms with Gasteiger partial charge in [0.2, 0.25) is 5.95 Å². The van der Waals surface area contributed by atoms with E-state index in [1.165, 1.54) is 0 Å². The highest BCUT2D eigenvalue weighted by Crippen LogP contribution is 2.33. The fourth-order valence-corrected chi connectivity index (χ4v) is 3.09. The van der Waals surface area contributed by atoms with Crippen molar-refractivity contribution in [3.05, 3.63) is 26.6 Å². The number of anilines is 1. The van der Waals surface area contributed by atoms with Crippen LogP contribution in [-0.2, 0) is 13.6 Å². The van der Waals surface area contributed by atoms with Crippen LogP contribution < -0.4 is 10.1 Å². The summed E-state index contributed by atoms with van der Waals surface area (Å²) in [5.41, 5.74) is 1.03. The SMILES string of the molecule is CCCOc1c(Br)cc(Br)cc1CNc1nnnn1C. The monoisotopic (exact) mass is 403 g/mol. The first-order chi connectivity index (χ1) is 9.61. The second kappa shape index (κ2) is 7.03. The van der Waals surface area contributed by atoms with Gasteiger partial charge in [0.25, 0.3) is 0 Å². The van der Waals surface area contributed by atoms with Crippen LogP contribution in [-0.4, -0.2) is 26.8 Å². The molecule has 20 heavy (non-hydrogen) atoms. The fourth-order valence-electron chi connectivity index (χ4n) is 1.66. The van der Waals surface area contributed by atoms with Crippen LogP contribution in [0.3, 0.4) is 0 Å². The van der Waals surface area contributed by atoms with E-state index in [1.54, 1.807) is 11.7 Å². The van der Waals surface area contributed by atoms with Crippen molar-refractivity contribution in [2.45, 2.75) is 19.9 Å². The van der Waals surface area contributed by atoms with Gasteiger partial charge in [-0.3, -0.25) is 0 Å². The molecule has 0 bridgehead atoms. The molecular weight excluding hydrogens is 390 g/mol. The Bertz CT molecular complexity index is 587. The first-order valence-electron chi connectivity index (χ1n) is 6.18. The maximum Gasteiger partial charge on any atom is 0.242 e. The number of halogens is 2. The third-order valence-electron chi connectivity index (χ3n) is 2.59. The third-order valence-corrected chi connectivity index (χ3v) is 3.64. The lowest BCUT2D eigenvalue weighted by molar-refractivity contribution is 0.312. The highest BCUT2D eigenvalue weighted by molar-refractivity contribution is 9.11. The lowest BCUT2D eigenvalue weighted by Crippen LogP contribution is -2.08. The lowest BCUT2D eigenvalue weighted by atomic mass is 10.2. The van der Waals surface area contributed by atoms with Crippen LogP contribution in [0.25, 0.3) is 0 Å². The third kappa shape index (κ3) is 3.69. The van der Waals surface area contributed by atoms with Crippen LogP contribution >= 0.6 is 31.9 Å². The molecule has 1 heterocycles. The predicted octanol–water partition coefficient (Wildman–Crippen LogP) is 3.14. The molecule has 1 N–H and O–H groups in total. The molecule has 6 nitrogen and oxygen atoms in total. The Morgan fingerprint density at radius 1 is 1.35 bits per heavy atom. The maximum atomic E-state index is 5.81. The predicted molar refractivity (Wildman–Crippen MR) is 83.8 cm³/mol. The van der Waals surface area contributed by atoms with Crippen LogP contribution in [0, 0.1) is 0 Å². The van der Waals surface area contributed by atoms with Crippen LogP contribution in [0.5, 0.6) is 5.75 Å². The molecule has 0 unspecified atom stereocenters. The van der Waals surface area contributed by atoms with E-state index in [4.69, 9.17) is 4.74 Å². The molecule has 2 rings (SSSR count). The second-order valence-corrected chi connectivity index (χ2v) is 5.97. The Labute approximate surface area is 134 Å². The zero-order valence-electron chi connectivity index (χ0n) is 11.2. The highest BCUT2D eigenvalue weighted by atomic mass is 79.9. The maximum absolute atomic E-state index is 5.81. The van der Waals surface area contributed by atoms with Crippen molar-refractivity contribution in [2.75, 3.05) is 11.9 Å². The number of benzene rings is 1. The molecule has 8 heteroatoms. The van der Waals surface area contributed by atoms with Crippen molar-refractivity contribution < 1.29 is 4.74 Å². The highest BCUT2D eigenvalue weighted by Gasteiger charge is 2.11. The number of aryl methyl sites for hydroxylation is 1. The lowest BCUT2D eigenvalue weighted by Gasteiger charge is -2.14. The zero-order valence-corrected chi connectivity index (χ0v) is 14.4. The smallest absolute Gasteiger partial charge is 0.242 e. The van der Waals surface area contributed by atoms with Crippen LogP contribution in [0.2, 0.25) is 0 Å². The van der Waals surface area contributed by atoms with Crippen molar-refractivity contribution in [1.82, 2.24) is 20.2 Å². The number of rotatable bonds is 6. The minimum Gasteiger partial charge on any atom is -0.492 e. The van der Waals surface area contributed by atoms with Gasteiger partial charge < -0.3 is 10.1 Å². The van der Waals surface area contributed by atoms with Gasteiger partial charge in [-0.2, -0.15) is 0 Å². The zero-order chi connectivity index (χ0) is 14.5. The molecule has 0 aliphatic rings. The second-order valence-electron chi connectivity index (χ2n) is 4.20. The number of aromatic nitrogens is 4. The summed E-state index contributed by atoms with van der Waals surface area (Å²) in [6.45, 7) is 3.33. The molecule has 0 aliphatic carbocycles. The van der Waals surface area contributed by atoms with E-state index in [-0.39, 0.29) is 0 Å². The van der Waals surface area contributed by atoms with Gasteiger partial charge in [0.05, 0.1) is 11.1 Å². The Morgan fingerprint density at radius 2 is 2.15 bits per heavy atom. The van der Waals surface area contributed by atoms with Crippen LogP contribution in [0.4, 0.5) is 5.95 Å². The molecule has 0 atom stereocenters. The van der Waals surface area contributed by atoms with Crippen LogP contribution in [0.1, 0.15) is 18.9 Å². The molecule has 0 spiro atoms. The summed E-state index contributed by atoms with van der Waals surface area (Å²) in [4.78, 5) is 0. The van der Waals surface area contributed by atoms with Gasteiger partial charge in [-0.25, -0.2) is 4.68 Å². The fraction of sp³-hybridized carbons (Fsp3) is 0.417. The van der Waals surface area contributed by atoms with Crippen molar-refractivity contribution >= 4 is 37.8 Å². The number of hydrogen-bond acceptors (Lipinski definition) is 5. The number of nitrogens with zero attached hydrogens (tertiary/aromatic N) is 4. The molecule has 1 aromatic carbocycles. The quantitative estimate of drug-likeness (QED) is 0.801. The number of nitrogens with one attached hydrogen (secondary N) is 1. The van der Waals surface area contributed by atoms with Gasteiger partial charge in [-0.05, 0) is 44.9 Å². The molecule has 0 saturated carbocycles. The van der Waals surface area contributed by atoms with Gasteiger partial charge in [-0.15, -0.1) is 0 Å². The number of ether oxygens (including phenoxy) is 1. The summed E-state index contributed by atoms with van der Waals surface area (Å²) in [5.74, 6) is 1.46. The van der Waals surface area contributed by atoms with Gasteiger partial charge in [0.1, 0.15) is 5.75 Å². The Morgan fingerprint density at radius 3 is 2.80 bits per heavy atom. The Hall–Kier alpha value is -1.15. The molecule has 0 aliphatic heterocycles. The standard InChI is InChI=1S/C12H15Br2N5O/c1-3-4-20-11-8(5-9(13)6-10(11)14)7-15-12-16-17-18-19(12)2/h5-6H,3-4,7H2,1-2H3,(H,15,16,18). The topological polar surface area (TPSA) is 64.9 Å². The van der Waals surface area contributed by atoms with Gasteiger partial charge in [0.15, 0.2) is 0 Å². The van der Waals surface area contributed by atoms with Gasteiger partial charge in [-0.1, -0.05) is 28.0 Å². The molecule has 0 amide bonds. The summed E-state index contributed by atoms with van der Waals surface area (Å²) in [5, 5.41) is 14.5. The molecule has 1 aromatic heterocycles. The normalized spacial score (nSPS) is 10.6. The summed E-state index contributed by atoms with van der Waals surface area (Å²) in [7, 11) is 1.79. The van der Waals surface area contributed by atoms with Gasteiger partial charge in [0, 0.05) is 23.6 Å². The van der Waals surface area contributed by atoms with Crippen molar-refractivity contribution in [3.63, 3.8) is 0 Å². The van der Waals surface area contributed by atoms with E-state index in [9.17, 15) is 0 Å². The summed E-state index contributed by atoms with van der Waals surface area (Å²) >= 11 is 7.02. The summed E-state index contributed by atoms with van der Waals surface area (Å²) in [6, 6.07) is 3.99. The molecule has 0 fully saturated rings. The largest absolute Gasteiger partial charge is 0.492 e. The Balaban J connectivity index is 2.18. The number of hydrogen-bond donors (Lipinski definition) is 1. The number of tetrazole rings is 1. The molecule has 2 aromatic rings. The van der Waals surface area contributed by atoms with Crippen molar-refractivity contribution in [3.8, 4) is 5.75 Å². The van der Waals surface area contributed by atoms with Gasteiger partial charge >= 0.3 is 0 Å².